The van der Waals surface area contributed by atoms with Gasteiger partial charge in [0.25, 0.3) is 0 Å². The van der Waals surface area contributed by atoms with Gasteiger partial charge in [0, 0.05) is 23.7 Å². The summed E-state index contributed by atoms with van der Waals surface area (Å²) < 4.78 is 0. The number of aromatic amines is 1. The quantitative estimate of drug-likeness (QED) is 0.240. The lowest BCUT2D eigenvalue weighted by atomic mass is 10.1. The zero-order valence-corrected chi connectivity index (χ0v) is 16.0. The Kier molecular flexibility index (Phi) is 11.6. The first-order valence-corrected chi connectivity index (χ1v) is 10.00. The van der Waals surface area contributed by atoms with Crippen LogP contribution in [0.5, 0.6) is 0 Å². The Bertz CT molecular complexity index is 529. The predicted octanol–water partition coefficient (Wildman–Crippen LogP) is 3.74. The molecule has 25 heavy (non-hydrogen) atoms. The Morgan fingerprint density at radius 2 is 2.16 bits per heavy atom. The molecular weight excluding hydrogens is 338 g/mol. The average Bonchev–Trinajstić information content (AvgIpc) is 3.02. The van der Waals surface area contributed by atoms with E-state index in [1.807, 2.05) is 13.1 Å². The van der Waals surface area contributed by atoms with Crippen molar-refractivity contribution in [3.63, 3.8) is 0 Å². The van der Waals surface area contributed by atoms with Crippen LogP contribution in [-0.2, 0) is 10.6 Å². The number of aromatic nitrogens is 2. The number of aryl methyl sites for hydroxylation is 1. The Balaban J connectivity index is 2.05. The van der Waals surface area contributed by atoms with Crippen LogP contribution < -0.4 is 5.48 Å². The van der Waals surface area contributed by atoms with Gasteiger partial charge in [0.2, 0.25) is 0 Å². The molecule has 0 radical (unpaired) electrons. The molecule has 0 atom stereocenters. The molecule has 2 amide bonds. The van der Waals surface area contributed by atoms with Gasteiger partial charge < -0.3 is 4.98 Å². The lowest BCUT2D eigenvalue weighted by Gasteiger charge is -2.14. The minimum Gasteiger partial charge on any atom is -0.348 e. The van der Waals surface area contributed by atoms with Crippen LogP contribution in [0.1, 0.15) is 56.8 Å². The molecule has 7 nitrogen and oxygen atoms in total. The summed E-state index contributed by atoms with van der Waals surface area (Å²) in [7, 11) is 0. The third-order valence-electron chi connectivity index (χ3n) is 3.76. The Hall–Kier alpha value is -1.72. The number of carbonyl (C=O) groups excluding carboxylic acids is 1. The lowest BCUT2D eigenvalue weighted by Crippen LogP contribution is -2.37. The van der Waals surface area contributed by atoms with Crippen molar-refractivity contribution in [2.45, 2.75) is 58.1 Å². The van der Waals surface area contributed by atoms with E-state index in [9.17, 15) is 4.79 Å². The number of hydrogen-bond acceptors (Lipinski definition) is 5. The van der Waals surface area contributed by atoms with Gasteiger partial charge in [-0.25, -0.2) is 20.2 Å². The monoisotopic (exact) mass is 367 g/mol. The van der Waals surface area contributed by atoms with Crippen LogP contribution in [0.25, 0.3) is 0 Å². The summed E-state index contributed by atoms with van der Waals surface area (Å²) >= 11 is 1.68. The van der Waals surface area contributed by atoms with E-state index >= 15 is 0 Å². The second-order valence-electron chi connectivity index (χ2n) is 5.80. The van der Waals surface area contributed by atoms with Crippen molar-refractivity contribution in [1.82, 2.24) is 20.3 Å². The minimum atomic E-state index is -0.496. The van der Waals surface area contributed by atoms with Gasteiger partial charge in [0.05, 0.1) is 18.6 Å². The Morgan fingerprint density at radius 1 is 1.40 bits per heavy atom. The predicted molar refractivity (Wildman–Crippen MR) is 99.7 cm³/mol. The topological polar surface area (TPSA) is 94.0 Å². The standard InChI is InChI=1S/C17H29N5O2S/c1-3-4-5-6-7-8-9-22(13-18)17(23)21-24-10-11-25-12-16-15(2)19-14-20-16/h14H,3-12H2,1-2H3,(H,19,20)(H,21,23). The summed E-state index contributed by atoms with van der Waals surface area (Å²) in [6, 6.07) is -0.496. The molecule has 0 saturated carbocycles. The van der Waals surface area contributed by atoms with E-state index in [0.717, 1.165) is 47.1 Å². The van der Waals surface area contributed by atoms with E-state index in [-0.39, 0.29) is 0 Å². The van der Waals surface area contributed by atoms with Crippen molar-refractivity contribution in [1.29, 1.82) is 5.26 Å². The number of rotatable bonds is 13. The third-order valence-corrected chi connectivity index (χ3v) is 4.70. The number of nitrogens with one attached hydrogen (secondary N) is 2. The zero-order chi connectivity index (χ0) is 18.3. The minimum absolute atomic E-state index is 0.385. The first-order valence-electron chi connectivity index (χ1n) is 8.84. The molecule has 0 spiro atoms. The number of urea groups is 1. The van der Waals surface area contributed by atoms with Gasteiger partial charge in [-0.3, -0.25) is 4.84 Å². The summed E-state index contributed by atoms with van der Waals surface area (Å²) in [4.78, 5) is 25.4. The summed E-state index contributed by atoms with van der Waals surface area (Å²) in [5.41, 5.74) is 4.43. The first kappa shape index (κ1) is 21.3. The SMILES string of the molecule is CCCCCCCCN(C#N)C(=O)NOCCSCc1nc[nH]c1C. The fourth-order valence-corrected chi connectivity index (χ4v) is 3.05. The van der Waals surface area contributed by atoms with Crippen molar-refractivity contribution in [3.05, 3.63) is 17.7 Å². The van der Waals surface area contributed by atoms with Gasteiger partial charge in [-0.05, 0) is 13.3 Å². The maximum Gasteiger partial charge on any atom is 0.354 e. The number of imidazole rings is 1. The summed E-state index contributed by atoms with van der Waals surface area (Å²) in [6.07, 6.45) is 10.3. The van der Waals surface area contributed by atoms with Crippen LogP contribution in [-0.4, -0.2) is 39.8 Å². The number of carbonyl (C=O) groups is 1. The van der Waals surface area contributed by atoms with Crippen molar-refractivity contribution >= 4 is 17.8 Å². The van der Waals surface area contributed by atoms with Crippen molar-refractivity contribution in [2.24, 2.45) is 0 Å². The van der Waals surface area contributed by atoms with E-state index < -0.39 is 6.03 Å². The van der Waals surface area contributed by atoms with Gasteiger partial charge in [-0.2, -0.15) is 17.0 Å². The fraction of sp³-hybridized carbons (Fsp3) is 0.706. The summed E-state index contributed by atoms with van der Waals surface area (Å²) in [5, 5.41) is 9.06. The van der Waals surface area contributed by atoms with Crippen LogP contribution in [0.3, 0.4) is 0 Å². The molecule has 0 aliphatic heterocycles. The maximum absolute atomic E-state index is 11.9. The van der Waals surface area contributed by atoms with Crippen LogP contribution in [0.15, 0.2) is 6.33 Å². The molecule has 0 saturated heterocycles. The van der Waals surface area contributed by atoms with Gasteiger partial charge in [-0.15, -0.1) is 0 Å². The Labute approximate surface area is 154 Å². The fourth-order valence-electron chi connectivity index (χ4n) is 2.22. The van der Waals surface area contributed by atoms with Crippen LogP contribution >= 0.6 is 11.8 Å². The normalized spacial score (nSPS) is 10.4. The first-order chi connectivity index (χ1) is 12.2. The Morgan fingerprint density at radius 3 is 2.84 bits per heavy atom. The average molecular weight is 368 g/mol. The maximum atomic E-state index is 11.9. The molecule has 0 aliphatic rings. The number of amides is 2. The molecule has 0 aliphatic carbocycles. The number of thioether (sulfide) groups is 1. The van der Waals surface area contributed by atoms with Crippen molar-refractivity contribution in [3.8, 4) is 6.19 Å². The highest BCUT2D eigenvalue weighted by Gasteiger charge is 2.12. The molecule has 8 heteroatoms. The number of nitrogens with zero attached hydrogens (tertiary/aromatic N) is 3. The largest absolute Gasteiger partial charge is 0.354 e. The van der Waals surface area contributed by atoms with Crippen molar-refractivity contribution < 1.29 is 9.63 Å². The number of H-pyrrole nitrogens is 1. The number of hydroxylamine groups is 1. The van der Waals surface area contributed by atoms with E-state index in [4.69, 9.17) is 10.1 Å². The van der Waals surface area contributed by atoms with E-state index in [0.29, 0.717) is 13.2 Å². The second kappa shape index (κ2) is 13.6. The highest BCUT2D eigenvalue weighted by Crippen LogP contribution is 2.12. The number of unbranched alkanes of at least 4 members (excludes halogenated alkanes) is 5. The molecule has 2 N–H and O–H groups in total. The molecule has 0 aromatic carbocycles. The van der Waals surface area contributed by atoms with Gasteiger partial charge >= 0.3 is 6.03 Å². The van der Waals surface area contributed by atoms with Gasteiger partial charge in [-0.1, -0.05) is 39.0 Å². The molecule has 1 aromatic rings. The van der Waals surface area contributed by atoms with Crippen LogP contribution in [0.2, 0.25) is 0 Å². The van der Waals surface area contributed by atoms with Crippen LogP contribution in [0.4, 0.5) is 4.79 Å². The molecule has 0 fully saturated rings. The molecular formula is C17H29N5O2S. The van der Waals surface area contributed by atoms with Gasteiger partial charge in [0.15, 0.2) is 6.19 Å². The third kappa shape index (κ3) is 9.37. The smallest absolute Gasteiger partial charge is 0.348 e. The van der Waals surface area contributed by atoms with E-state index in [2.05, 4.69) is 22.4 Å². The number of nitriles is 1. The van der Waals surface area contributed by atoms with Crippen LogP contribution in [0, 0.1) is 18.4 Å². The van der Waals surface area contributed by atoms with E-state index in [1.54, 1.807) is 18.1 Å². The van der Waals surface area contributed by atoms with Gasteiger partial charge in [0.1, 0.15) is 0 Å². The molecule has 1 heterocycles. The highest BCUT2D eigenvalue weighted by molar-refractivity contribution is 7.98. The molecule has 0 bridgehead atoms. The molecule has 140 valence electrons. The highest BCUT2D eigenvalue weighted by atomic mass is 32.2. The van der Waals surface area contributed by atoms with Crippen molar-refractivity contribution in [2.75, 3.05) is 18.9 Å². The molecule has 0 unspecified atom stereocenters. The summed E-state index contributed by atoms with van der Waals surface area (Å²) in [6.45, 7) is 4.99. The summed E-state index contributed by atoms with van der Waals surface area (Å²) in [5.74, 6) is 1.53. The molecule has 1 rings (SSSR count). The van der Waals surface area contributed by atoms with E-state index in [1.165, 1.54) is 19.3 Å². The number of hydrogen-bond donors (Lipinski definition) is 2. The second-order valence-corrected chi connectivity index (χ2v) is 6.91. The molecule has 1 aromatic heterocycles. The zero-order valence-electron chi connectivity index (χ0n) is 15.2. The lowest BCUT2D eigenvalue weighted by molar-refractivity contribution is 0.0630.